The van der Waals surface area contributed by atoms with Crippen molar-refractivity contribution in [1.82, 2.24) is 60.0 Å². The van der Waals surface area contributed by atoms with Crippen LogP contribution in [-0.2, 0) is 57.8 Å². The summed E-state index contributed by atoms with van der Waals surface area (Å²) in [5.41, 5.74) is 35.3. The zero-order valence-electron chi connectivity index (χ0n) is 53.3. The summed E-state index contributed by atoms with van der Waals surface area (Å²) < 4.78 is 0. The monoisotopic (exact) mass is 1200 g/mol. The number of pyridine rings is 4. The van der Waals surface area contributed by atoms with E-state index in [2.05, 4.69) is 226 Å². The van der Waals surface area contributed by atoms with Crippen LogP contribution in [0.25, 0.3) is 54.7 Å². The van der Waals surface area contributed by atoms with Crippen molar-refractivity contribution in [3.63, 3.8) is 0 Å². The highest BCUT2D eigenvalue weighted by atomic mass is 15.1. The molecule has 0 amide bonds. The van der Waals surface area contributed by atoms with Crippen LogP contribution < -0.4 is 0 Å². The van der Waals surface area contributed by atoms with Crippen LogP contribution in [0.1, 0.15) is 171 Å². The predicted octanol–water partition coefficient (Wildman–Crippen LogP) is 17.2. The Bertz CT molecular complexity index is 3470. The minimum atomic E-state index is 0. The van der Waals surface area contributed by atoms with E-state index in [4.69, 9.17) is 0 Å². The largest absolute Gasteiger partial charge is 0.264 e. The highest BCUT2D eigenvalue weighted by Gasteiger charge is 2.15. The Morgan fingerprint density at radius 2 is 0.659 bits per heavy atom. The fraction of sp³-hybridized carbons (Fsp3) is 0.241. The summed E-state index contributed by atoms with van der Waals surface area (Å²) in [6.07, 6.45) is 54.3. The molecule has 1 aromatic carbocycles. The zero-order valence-corrected chi connectivity index (χ0v) is 53.3. The topological polar surface area (TPSA) is 155 Å². The van der Waals surface area contributed by atoms with Crippen molar-refractivity contribution in [3.8, 4) is 0 Å². The highest BCUT2D eigenvalue weighted by Crippen LogP contribution is 2.28. The summed E-state index contributed by atoms with van der Waals surface area (Å²) in [5.74, 6) is 0. The number of nitrogens with zero attached hydrogens (tertiary/aromatic N) is 12. The molecule has 0 fully saturated rings. The van der Waals surface area contributed by atoms with Crippen molar-refractivity contribution in [2.45, 2.75) is 128 Å². The molecule has 0 spiro atoms. The second kappa shape index (κ2) is 31.8. The lowest BCUT2D eigenvalue weighted by atomic mass is 10.1. The molecule has 0 bridgehead atoms. The molecule has 0 saturated carbocycles. The third-order valence-electron chi connectivity index (χ3n) is 15.8. The number of allylic oxidation sites excluding steroid dienone is 9. The summed E-state index contributed by atoms with van der Waals surface area (Å²) in [7, 11) is 0. The van der Waals surface area contributed by atoms with Crippen molar-refractivity contribution >= 4 is 54.7 Å². The van der Waals surface area contributed by atoms with E-state index in [1.807, 2.05) is 74.1 Å². The lowest BCUT2D eigenvalue weighted by Crippen LogP contribution is -1.89. The molecule has 9 aliphatic rings. The summed E-state index contributed by atoms with van der Waals surface area (Å²) in [4.78, 5) is 41.1. The van der Waals surface area contributed by atoms with Crippen LogP contribution in [0.2, 0.25) is 0 Å². The van der Waals surface area contributed by atoms with Crippen LogP contribution in [0.5, 0.6) is 0 Å². The summed E-state index contributed by atoms with van der Waals surface area (Å²) >= 11 is 0. The van der Waals surface area contributed by atoms with Gasteiger partial charge in [-0.15, -0.1) is 0 Å². The van der Waals surface area contributed by atoms with Crippen LogP contribution in [-0.4, -0.2) is 60.0 Å². The summed E-state index contributed by atoms with van der Waals surface area (Å²) in [6.45, 7) is 19.2. The lowest BCUT2D eigenvalue weighted by molar-refractivity contribution is 0.997. The number of rotatable bonds is 0. The Morgan fingerprint density at radius 1 is 0.242 bits per heavy atom. The van der Waals surface area contributed by atoms with Gasteiger partial charge in [0, 0.05) is 92.4 Å². The molecule has 9 aromatic rings. The van der Waals surface area contributed by atoms with E-state index in [9.17, 15) is 0 Å². The molecule has 0 aliphatic heterocycles. The van der Waals surface area contributed by atoms with Gasteiger partial charge >= 0.3 is 0 Å². The molecule has 0 atom stereocenters. The number of aromatic nitrogens is 12. The van der Waals surface area contributed by atoms with Crippen molar-refractivity contribution in [2.24, 2.45) is 0 Å². The van der Waals surface area contributed by atoms with E-state index >= 15 is 0 Å². The quantitative estimate of drug-likeness (QED) is 0.142. The molecule has 18 rings (SSSR count). The first kappa shape index (κ1) is 65.3. The molecule has 91 heavy (non-hydrogen) atoms. The first-order chi connectivity index (χ1) is 43.7. The van der Waals surface area contributed by atoms with E-state index in [0.29, 0.717) is 0 Å². The van der Waals surface area contributed by atoms with Gasteiger partial charge in [0.25, 0.3) is 0 Å². The van der Waals surface area contributed by atoms with Gasteiger partial charge in [-0.3, -0.25) is 29.9 Å². The first-order valence-electron chi connectivity index (χ1n) is 30.8. The van der Waals surface area contributed by atoms with Crippen molar-refractivity contribution < 1.29 is 0 Å². The van der Waals surface area contributed by atoms with Crippen LogP contribution in [0.3, 0.4) is 0 Å². The van der Waals surface area contributed by atoms with Crippen LogP contribution in [0.4, 0.5) is 0 Å². The van der Waals surface area contributed by atoms with Gasteiger partial charge in [0.05, 0.1) is 46.6 Å². The van der Waals surface area contributed by atoms with Crippen LogP contribution in [0, 0.1) is 0 Å². The molecule has 12 nitrogen and oxygen atoms in total. The van der Waals surface area contributed by atoms with Gasteiger partial charge in [-0.2, -0.15) is 10.2 Å². The van der Waals surface area contributed by atoms with E-state index in [-0.39, 0.29) is 7.43 Å². The Labute approximate surface area is 538 Å². The second-order valence-electron chi connectivity index (χ2n) is 24.2. The zero-order chi connectivity index (χ0) is 62.8. The second-order valence-corrected chi connectivity index (χ2v) is 24.2. The fourth-order valence-electron chi connectivity index (χ4n) is 11.6. The molecule has 0 radical (unpaired) electrons. The molecule has 8 heterocycles. The average Bonchev–Trinajstić information content (AvgIpc) is 4.57. The van der Waals surface area contributed by atoms with E-state index in [1.54, 1.807) is 25.0 Å². The molecule has 0 saturated heterocycles. The van der Waals surface area contributed by atoms with Gasteiger partial charge in [-0.25, -0.2) is 19.9 Å². The Morgan fingerprint density at radius 3 is 1.33 bits per heavy atom. The van der Waals surface area contributed by atoms with Gasteiger partial charge in [0.2, 0.25) is 0 Å². The maximum Gasteiger partial charge on any atom is 0.116 e. The third-order valence-corrected chi connectivity index (χ3v) is 15.8. The third kappa shape index (κ3) is 18.7. The minimum absolute atomic E-state index is 0. The molecule has 0 N–H and O–H groups in total. The maximum atomic E-state index is 4.26. The van der Waals surface area contributed by atoms with Gasteiger partial charge in [-0.1, -0.05) is 130 Å². The SMILES string of the molecule is C.CC1=Cc2ccccc2C1.CC1=Cc2cccnc2C1.CC1=Cc2ccncc2C1.CC1=Cc2cnccc2C1.CC1=Cc2cncnc2C1.CC1=Cc2cnncc2C1.CC1=Cc2ncccc2C1.CC1=Cc2nccnc2C1.CC1=Cc2ncncc2C1. The highest BCUT2D eigenvalue weighted by molar-refractivity contribution is 5.66. The van der Waals surface area contributed by atoms with Gasteiger partial charge in [0.15, 0.2) is 0 Å². The first-order valence-corrected chi connectivity index (χ1v) is 30.8. The summed E-state index contributed by atoms with van der Waals surface area (Å²) in [6, 6.07) is 20.9. The van der Waals surface area contributed by atoms with E-state index in [0.717, 1.165) is 86.3 Å². The fourth-order valence-corrected chi connectivity index (χ4v) is 11.6. The molecule has 458 valence electrons. The molecular formula is C79H82N12. The van der Waals surface area contributed by atoms with Crippen LogP contribution >= 0.6 is 0 Å². The van der Waals surface area contributed by atoms with Gasteiger partial charge < -0.3 is 0 Å². The standard InChI is InChI=1S/C10H10.4C9H9N.4C8H8N2.CH4/c1-8-6-9-4-2-3-5-10(9)7-8;2*1-7-4-8-2-3-10-6-9(8)5-7;2*1-7-5-8-3-2-4-10-9(8)6-7;2*1-6-2-7-4-9-5-10-8(7)3-6;1-6-2-7-4-9-10-5-8(7)3-6;1-6-4-7-8(5-6)10-3-2-9-7;/h2-6H,7H2,1H3;2-3,5-6H,4H2,1H3;2*2-4,6H,5H2,1H3;2-5H,6H2,1H3;3-5H,2H2,1H3;2*2,4-5H,3H2,1H3;2-4H,5H2,1H3;1H4. The molecule has 0 unspecified atom stereocenters. The average molecular weight is 1200 g/mol. The number of fused-ring (bicyclic) bond motifs is 9. The maximum absolute atomic E-state index is 4.26. The van der Waals surface area contributed by atoms with Crippen molar-refractivity contribution in [2.75, 3.05) is 0 Å². The molecule has 12 heteroatoms. The summed E-state index contributed by atoms with van der Waals surface area (Å²) in [5, 5.41) is 7.60. The molecule has 9 aliphatic carbocycles. The number of hydrogen-bond acceptors (Lipinski definition) is 12. The smallest absolute Gasteiger partial charge is 0.116 e. The van der Waals surface area contributed by atoms with Crippen LogP contribution in [0.15, 0.2) is 198 Å². The molecular weight excluding hydrogens is 1120 g/mol. The number of benzene rings is 1. The Balaban J connectivity index is 0.000000121. The van der Waals surface area contributed by atoms with Crippen molar-refractivity contribution in [3.05, 3.63) is 299 Å². The van der Waals surface area contributed by atoms with E-state index in [1.165, 1.54) is 123 Å². The van der Waals surface area contributed by atoms with Crippen molar-refractivity contribution in [1.29, 1.82) is 0 Å². The number of hydrogen-bond donors (Lipinski definition) is 0. The minimum Gasteiger partial charge on any atom is -0.264 e. The van der Waals surface area contributed by atoms with Gasteiger partial charge in [-0.05, 0) is 199 Å². The lowest BCUT2D eigenvalue weighted by Gasteiger charge is -1.93. The van der Waals surface area contributed by atoms with Gasteiger partial charge in [0.1, 0.15) is 12.7 Å². The Hall–Kier alpha value is -10.2. The normalized spacial score (nSPS) is 14.5. The van der Waals surface area contributed by atoms with E-state index < -0.39 is 0 Å². The Kier molecular flexibility index (Phi) is 22.8. The molecule has 8 aromatic heterocycles. The predicted molar refractivity (Wildman–Crippen MR) is 374 cm³/mol.